The fourth-order valence-electron chi connectivity index (χ4n) is 4.42. The fraction of sp³-hybridized carbons (Fsp3) is 0.536. The number of Topliss-reactive ketones (excluding diaryl/α,β-unsaturated/α-hetero) is 1. The number of hydrogen-bond acceptors (Lipinski definition) is 7. The molecule has 2 aromatic carbocycles. The van der Waals surface area contributed by atoms with Crippen molar-refractivity contribution >= 4 is 27.0 Å². The van der Waals surface area contributed by atoms with Crippen molar-refractivity contribution in [3.05, 3.63) is 48.0 Å². The number of sulfone groups is 1. The number of unbranched alkanes of at least 4 members (excludes halogenated alkanes) is 2. The average Bonchev–Trinajstić information content (AvgIpc) is 2.88. The maximum atomic E-state index is 12.4. The van der Waals surface area contributed by atoms with Gasteiger partial charge in [0.15, 0.2) is 21.3 Å². The van der Waals surface area contributed by atoms with Gasteiger partial charge >= 0.3 is 0 Å². The second kappa shape index (κ2) is 13.0. The topological polar surface area (TPSA) is 76.2 Å². The SMILES string of the molecule is COc1ccc(N2CCN(c3ccc(CC(=O)CCCCCS(=O)(=O)C(C)C)cc3)CC2)cc1OC. The predicted octanol–water partition coefficient (Wildman–Crippen LogP) is 4.53. The molecule has 1 aliphatic heterocycles. The van der Waals surface area contributed by atoms with Gasteiger partial charge in [-0.05, 0) is 56.5 Å². The molecular weight excluding hydrogens is 476 g/mol. The van der Waals surface area contributed by atoms with Gasteiger partial charge in [-0.3, -0.25) is 4.79 Å². The smallest absolute Gasteiger partial charge is 0.162 e. The minimum atomic E-state index is -2.99. The Hall–Kier alpha value is -2.74. The summed E-state index contributed by atoms with van der Waals surface area (Å²) in [5, 5.41) is -0.330. The van der Waals surface area contributed by atoms with E-state index in [4.69, 9.17) is 9.47 Å². The van der Waals surface area contributed by atoms with Crippen LogP contribution in [0.1, 0.15) is 45.1 Å². The first kappa shape index (κ1) is 27.8. The molecule has 7 nitrogen and oxygen atoms in total. The minimum absolute atomic E-state index is 0.206. The van der Waals surface area contributed by atoms with Crippen LogP contribution in [-0.4, -0.2) is 65.6 Å². The van der Waals surface area contributed by atoms with Crippen LogP contribution in [0.4, 0.5) is 11.4 Å². The van der Waals surface area contributed by atoms with Gasteiger partial charge < -0.3 is 19.3 Å². The minimum Gasteiger partial charge on any atom is -0.493 e. The molecule has 0 bridgehead atoms. The second-order valence-corrected chi connectivity index (χ2v) is 12.3. The van der Waals surface area contributed by atoms with Gasteiger partial charge in [0.25, 0.3) is 0 Å². The molecule has 0 N–H and O–H groups in total. The molecule has 198 valence electrons. The molecule has 0 unspecified atom stereocenters. The van der Waals surface area contributed by atoms with Crippen LogP contribution in [0.25, 0.3) is 0 Å². The standard InChI is InChI=1S/C28H40N2O5S/c1-22(2)36(32,33)19-7-5-6-8-26(31)20-23-9-11-24(12-10-23)29-15-17-30(18-16-29)25-13-14-27(34-3)28(21-25)35-4/h9-14,21-22H,5-8,15-20H2,1-4H3. The molecule has 2 aromatic rings. The third-order valence-corrected chi connectivity index (χ3v) is 9.11. The number of hydrogen-bond donors (Lipinski definition) is 0. The number of carbonyl (C=O) groups excluding carboxylic acids is 1. The van der Waals surface area contributed by atoms with E-state index >= 15 is 0 Å². The van der Waals surface area contributed by atoms with Crippen LogP contribution < -0.4 is 19.3 Å². The third kappa shape index (κ3) is 7.63. The van der Waals surface area contributed by atoms with Crippen LogP contribution in [0.15, 0.2) is 42.5 Å². The summed E-state index contributed by atoms with van der Waals surface area (Å²) in [6.07, 6.45) is 3.07. The van der Waals surface area contributed by atoms with Crippen molar-refractivity contribution in [3.63, 3.8) is 0 Å². The number of anilines is 2. The summed E-state index contributed by atoms with van der Waals surface area (Å²) >= 11 is 0. The highest BCUT2D eigenvalue weighted by molar-refractivity contribution is 7.91. The van der Waals surface area contributed by atoms with E-state index in [2.05, 4.69) is 28.0 Å². The Morgan fingerprint density at radius 1 is 0.833 bits per heavy atom. The molecule has 0 atom stereocenters. The van der Waals surface area contributed by atoms with Crippen LogP contribution >= 0.6 is 0 Å². The number of piperazine rings is 1. The van der Waals surface area contributed by atoms with Crippen molar-refractivity contribution in [2.24, 2.45) is 0 Å². The highest BCUT2D eigenvalue weighted by Crippen LogP contribution is 2.32. The predicted molar refractivity (Wildman–Crippen MR) is 147 cm³/mol. The van der Waals surface area contributed by atoms with E-state index in [1.54, 1.807) is 28.1 Å². The van der Waals surface area contributed by atoms with Crippen LogP contribution in [0.3, 0.4) is 0 Å². The Labute approximate surface area is 216 Å². The molecule has 3 rings (SSSR count). The quantitative estimate of drug-likeness (QED) is 0.362. The lowest BCUT2D eigenvalue weighted by Crippen LogP contribution is -2.46. The normalized spacial score (nSPS) is 14.2. The zero-order valence-electron chi connectivity index (χ0n) is 22.0. The van der Waals surface area contributed by atoms with Crippen LogP contribution in [0, 0.1) is 0 Å². The molecule has 1 saturated heterocycles. The molecular formula is C28H40N2O5S. The highest BCUT2D eigenvalue weighted by Gasteiger charge is 2.19. The van der Waals surface area contributed by atoms with Gasteiger partial charge in [0, 0.05) is 56.5 Å². The van der Waals surface area contributed by atoms with Gasteiger partial charge in [-0.15, -0.1) is 0 Å². The maximum absolute atomic E-state index is 12.4. The van der Waals surface area contributed by atoms with Crippen molar-refractivity contribution in [2.75, 3.05) is 56.0 Å². The summed E-state index contributed by atoms with van der Waals surface area (Å²) in [6, 6.07) is 14.3. The molecule has 0 amide bonds. The monoisotopic (exact) mass is 516 g/mol. The van der Waals surface area contributed by atoms with Crippen molar-refractivity contribution < 1.29 is 22.7 Å². The van der Waals surface area contributed by atoms with Gasteiger partial charge in [0.1, 0.15) is 5.78 Å². The number of nitrogens with zero attached hydrogens (tertiary/aromatic N) is 2. The van der Waals surface area contributed by atoms with E-state index in [-0.39, 0.29) is 16.8 Å². The van der Waals surface area contributed by atoms with Crippen LogP contribution in [-0.2, 0) is 21.1 Å². The van der Waals surface area contributed by atoms with Gasteiger partial charge in [-0.1, -0.05) is 18.6 Å². The molecule has 0 aromatic heterocycles. The first-order valence-corrected chi connectivity index (χ1v) is 14.5. The van der Waals surface area contributed by atoms with E-state index in [1.165, 1.54) is 5.69 Å². The van der Waals surface area contributed by atoms with Crippen molar-refractivity contribution in [2.45, 2.75) is 51.2 Å². The Kier molecular flexibility index (Phi) is 10.0. The molecule has 36 heavy (non-hydrogen) atoms. The summed E-state index contributed by atoms with van der Waals surface area (Å²) in [5.74, 6) is 1.89. The van der Waals surface area contributed by atoms with Crippen LogP contribution in [0.2, 0.25) is 0 Å². The molecule has 0 radical (unpaired) electrons. The first-order chi connectivity index (χ1) is 17.2. The van der Waals surface area contributed by atoms with Crippen molar-refractivity contribution in [1.82, 2.24) is 0 Å². The van der Waals surface area contributed by atoms with E-state index in [9.17, 15) is 13.2 Å². The van der Waals surface area contributed by atoms with Gasteiger partial charge in [-0.25, -0.2) is 8.42 Å². The first-order valence-electron chi connectivity index (χ1n) is 12.8. The Balaban J connectivity index is 1.42. The fourth-order valence-corrected chi connectivity index (χ4v) is 5.50. The zero-order chi connectivity index (χ0) is 26.1. The molecule has 0 aliphatic carbocycles. The molecule has 0 saturated carbocycles. The lowest BCUT2D eigenvalue weighted by molar-refractivity contribution is -0.118. The summed E-state index contributed by atoms with van der Waals surface area (Å²) < 4.78 is 34.5. The van der Waals surface area contributed by atoms with Crippen LogP contribution in [0.5, 0.6) is 11.5 Å². The molecule has 1 heterocycles. The number of methoxy groups -OCH3 is 2. The second-order valence-electron chi connectivity index (χ2n) is 9.62. The molecule has 1 aliphatic rings. The third-order valence-electron chi connectivity index (χ3n) is 6.82. The van der Waals surface area contributed by atoms with E-state index < -0.39 is 9.84 Å². The molecule has 1 fully saturated rings. The highest BCUT2D eigenvalue weighted by atomic mass is 32.2. The van der Waals surface area contributed by atoms with Gasteiger partial charge in [-0.2, -0.15) is 0 Å². The Morgan fingerprint density at radius 2 is 1.42 bits per heavy atom. The van der Waals surface area contributed by atoms with Crippen molar-refractivity contribution in [3.8, 4) is 11.5 Å². The van der Waals surface area contributed by atoms with Gasteiger partial charge in [0.05, 0.1) is 25.2 Å². The molecule has 8 heteroatoms. The number of benzene rings is 2. The summed E-state index contributed by atoms with van der Waals surface area (Å²) in [7, 11) is 0.310. The van der Waals surface area contributed by atoms with E-state index in [1.807, 2.05) is 24.3 Å². The lowest BCUT2D eigenvalue weighted by atomic mass is 10.0. The lowest BCUT2D eigenvalue weighted by Gasteiger charge is -2.37. The number of ether oxygens (including phenoxy) is 2. The summed E-state index contributed by atoms with van der Waals surface area (Å²) in [6.45, 7) is 7.08. The molecule has 0 spiro atoms. The van der Waals surface area contributed by atoms with Gasteiger partial charge in [0.2, 0.25) is 0 Å². The largest absolute Gasteiger partial charge is 0.493 e. The number of rotatable bonds is 13. The van der Waals surface area contributed by atoms with E-state index in [0.29, 0.717) is 19.3 Å². The maximum Gasteiger partial charge on any atom is 0.162 e. The van der Waals surface area contributed by atoms with E-state index in [0.717, 1.165) is 61.8 Å². The Bertz CT molecular complexity index is 1090. The summed E-state index contributed by atoms with van der Waals surface area (Å²) in [4.78, 5) is 17.1. The Morgan fingerprint density at radius 3 is 2.00 bits per heavy atom. The number of carbonyl (C=O) groups is 1. The number of ketones is 1. The summed E-state index contributed by atoms with van der Waals surface area (Å²) in [5.41, 5.74) is 3.32. The van der Waals surface area contributed by atoms with Crippen molar-refractivity contribution in [1.29, 1.82) is 0 Å². The average molecular weight is 517 g/mol. The zero-order valence-corrected chi connectivity index (χ0v) is 22.9.